The molecular formula is C28H27BrN2O8S. The second-order valence-corrected chi connectivity index (χ2v) is 11.4. The van der Waals surface area contributed by atoms with Crippen LogP contribution in [0.15, 0.2) is 53.0 Å². The van der Waals surface area contributed by atoms with Gasteiger partial charge in [-0.3, -0.25) is 4.90 Å². The van der Waals surface area contributed by atoms with Crippen molar-refractivity contribution in [1.82, 2.24) is 0 Å². The van der Waals surface area contributed by atoms with E-state index in [2.05, 4.69) is 15.9 Å². The molecule has 0 bridgehead atoms. The second-order valence-electron chi connectivity index (χ2n) is 9.55. The average molecular weight is 632 g/mol. The standard InChI is InChI=1S/C28H27BrN2O8S/c29-22-23(39-14-21(32)33)25(27(36)37)40-24(22)19-5-2-6-20(12-19)31(28(30)38)13-15-3-1-4-18(11-15)16-7-9-17(10-8-16)26(34)35/h2,5-10,12,15,18H,1,3-4,11,13-14H2,(H2,30,38)(H,32,33)(H,34,35)(H,36,37). The summed E-state index contributed by atoms with van der Waals surface area (Å²) in [6, 6.07) is 13.3. The molecule has 2 unspecified atom stereocenters. The third-order valence-corrected chi connectivity index (χ3v) is 9.11. The van der Waals surface area contributed by atoms with Crippen molar-refractivity contribution < 1.29 is 39.2 Å². The Morgan fingerprint density at radius 1 is 1.02 bits per heavy atom. The van der Waals surface area contributed by atoms with Crippen LogP contribution in [-0.2, 0) is 4.79 Å². The molecule has 3 aromatic rings. The van der Waals surface area contributed by atoms with Crippen LogP contribution in [0.3, 0.4) is 0 Å². The minimum atomic E-state index is -1.25. The quantitative estimate of drug-likeness (QED) is 0.215. The Kier molecular flexibility index (Phi) is 9.10. The topological polar surface area (TPSA) is 167 Å². The zero-order valence-electron chi connectivity index (χ0n) is 21.2. The van der Waals surface area contributed by atoms with Gasteiger partial charge in [0.15, 0.2) is 17.2 Å². The highest BCUT2D eigenvalue weighted by Gasteiger charge is 2.28. The largest absolute Gasteiger partial charge is 0.479 e. The highest BCUT2D eigenvalue weighted by Crippen LogP contribution is 2.46. The van der Waals surface area contributed by atoms with E-state index in [4.69, 9.17) is 15.6 Å². The van der Waals surface area contributed by atoms with Crippen molar-refractivity contribution in [2.75, 3.05) is 18.1 Å². The zero-order chi connectivity index (χ0) is 29.0. The number of aliphatic carboxylic acids is 1. The number of thiophene rings is 1. The van der Waals surface area contributed by atoms with E-state index < -0.39 is 30.5 Å². The van der Waals surface area contributed by atoms with Crippen LogP contribution in [-0.4, -0.2) is 52.4 Å². The Hall–Kier alpha value is -3.90. The van der Waals surface area contributed by atoms with E-state index in [1.165, 1.54) is 4.90 Å². The molecule has 0 radical (unpaired) electrons. The highest BCUT2D eigenvalue weighted by atomic mass is 79.9. The van der Waals surface area contributed by atoms with Crippen LogP contribution >= 0.6 is 27.3 Å². The van der Waals surface area contributed by atoms with E-state index in [-0.39, 0.29) is 28.0 Å². The molecule has 1 aliphatic carbocycles. The van der Waals surface area contributed by atoms with Crippen LogP contribution in [0.25, 0.3) is 10.4 Å². The minimum Gasteiger partial charge on any atom is -0.479 e. The molecular weight excluding hydrogens is 604 g/mol. The van der Waals surface area contributed by atoms with Crippen LogP contribution in [0, 0.1) is 5.92 Å². The van der Waals surface area contributed by atoms with Crippen molar-refractivity contribution in [3.63, 3.8) is 0 Å². The third-order valence-electron chi connectivity index (χ3n) is 6.88. The lowest BCUT2D eigenvalue weighted by Gasteiger charge is -2.33. The number of hydrogen-bond donors (Lipinski definition) is 4. The van der Waals surface area contributed by atoms with Gasteiger partial charge in [0.1, 0.15) is 0 Å². The van der Waals surface area contributed by atoms with Gasteiger partial charge in [-0.1, -0.05) is 30.7 Å². The number of anilines is 1. The molecule has 5 N–H and O–H groups in total. The predicted molar refractivity (Wildman–Crippen MR) is 153 cm³/mol. The Morgan fingerprint density at radius 2 is 1.75 bits per heavy atom. The predicted octanol–water partition coefficient (Wildman–Crippen LogP) is 5.90. The smallest absolute Gasteiger partial charge is 0.349 e. The maximum Gasteiger partial charge on any atom is 0.349 e. The van der Waals surface area contributed by atoms with E-state index in [0.717, 1.165) is 42.6 Å². The second kappa shape index (κ2) is 12.5. The molecule has 12 heteroatoms. The first-order valence-electron chi connectivity index (χ1n) is 12.5. The lowest BCUT2D eigenvalue weighted by Crippen LogP contribution is -2.40. The van der Waals surface area contributed by atoms with Crippen LogP contribution in [0.1, 0.15) is 57.2 Å². The number of carbonyl (C=O) groups excluding carboxylic acids is 1. The fourth-order valence-electron chi connectivity index (χ4n) is 5.04. The Morgan fingerprint density at radius 3 is 2.38 bits per heavy atom. The van der Waals surface area contributed by atoms with Crippen LogP contribution in [0.4, 0.5) is 10.5 Å². The summed E-state index contributed by atoms with van der Waals surface area (Å²) in [5.74, 6) is -3.13. The number of ether oxygens (including phenoxy) is 1. The number of nitrogens with two attached hydrogens (primary N) is 1. The van der Waals surface area contributed by atoms with Crippen LogP contribution in [0.2, 0.25) is 0 Å². The summed E-state index contributed by atoms with van der Waals surface area (Å²) in [5, 5.41) is 27.8. The van der Waals surface area contributed by atoms with Gasteiger partial charge in [0.05, 0.1) is 14.9 Å². The molecule has 210 valence electrons. The van der Waals surface area contributed by atoms with Crippen LogP contribution < -0.4 is 15.4 Å². The number of urea groups is 1. The van der Waals surface area contributed by atoms with Crippen molar-refractivity contribution in [1.29, 1.82) is 0 Å². The van der Waals surface area contributed by atoms with Gasteiger partial charge in [0.25, 0.3) is 0 Å². The first kappa shape index (κ1) is 29.1. The molecule has 2 atom stereocenters. The third kappa shape index (κ3) is 6.62. The molecule has 0 aliphatic heterocycles. The van der Waals surface area contributed by atoms with Crippen molar-refractivity contribution in [2.45, 2.75) is 31.6 Å². The van der Waals surface area contributed by atoms with Gasteiger partial charge in [0, 0.05) is 12.2 Å². The summed E-state index contributed by atoms with van der Waals surface area (Å²) in [5.41, 5.74) is 8.26. The van der Waals surface area contributed by atoms with Crippen molar-refractivity contribution in [3.05, 3.63) is 69.0 Å². The fourth-order valence-corrected chi connectivity index (χ4v) is 6.93. The molecule has 2 amide bonds. The number of primary amides is 1. The fraction of sp³-hybridized carbons (Fsp3) is 0.286. The number of hydrogen-bond acceptors (Lipinski definition) is 6. The van der Waals surface area contributed by atoms with Gasteiger partial charge in [0.2, 0.25) is 0 Å². The Labute approximate surface area is 242 Å². The molecule has 1 aromatic heterocycles. The van der Waals surface area contributed by atoms with E-state index in [9.17, 15) is 29.4 Å². The van der Waals surface area contributed by atoms with Crippen molar-refractivity contribution >= 4 is 56.9 Å². The normalized spacial score (nSPS) is 16.7. The molecule has 4 rings (SSSR count). The maximum absolute atomic E-state index is 12.6. The minimum absolute atomic E-state index is 0.0725. The highest BCUT2D eigenvalue weighted by molar-refractivity contribution is 9.10. The molecule has 1 fully saturated rings. The number of carboxylic acids is 3. The van der Waals surface area contributed by atoms with Gasteiger partial charge in [-0.15, -0.1) is 11.3 Å². The average Bonchev–Trinajstić information content (AvgIpc) is 3.27. The van der Waals surface area contributed by atoms with E-state index in [0.29, 0.717) is 27.1 Å². The molecule has 1 aliphatic rings. The van der Waals surface area contributed by atoms with Gasteiger partial charge in [-0.05, 0) is 82.4 Å². The van der Waals surface area contributed by atoms with Gasteiger partial charge >= 0.3 is 23.9 Å². The Bertz CT molecular complexity index is 1440. The molecule has 10 nitrogen and oxygen atoms in total. The van der Waals surface area contributed by atoms with Gasteiger partial charge in [-0.25, -0.2) is 19.2 Å². The number of amides is 2. The lowest BCUT2D eigenvalue weighted by molar-refractivity contribution is -0.139. The van der Waals surface area contributed by atoms with E-state index in [1.807, 2.05) is 12.1 Å². The number of nitrogens with zero attached hydrogens (tertiary/aromatic N) is 1. The first-order chi connectivity index (χ1) is 19.0. The molecule has 40 heavy (non-hydrogen) atoms. The lowest BCUT2D eigenvalue weighted by atomic mass is 9.77. The molecule has 0 spiro atoms. The van der Waals surface area contributed by atoms with Crippen molar-refractivity contribution in [3.8, 4) is 16.2 Å². The first-order valence-corrected chi connectivity index (χ1v) is 14.1. The summed E-state index contributed by atoms with van der Waals surface area (Å²) in [6.07, 6.45) is 3.66. The summed E-state index contributed by atoms with van der Waals surface area (Å²) < 4.78 is 5.55. The summed E-state index contributed by atoms with van der Waals surface area (Å²) in [6.45, 7) is -0.307. The van der Waals surface area contributed by atoms with Gasteiger partial charge < -0.3 is 25.8 Å². The molecule has 2 aromatic carbocycles. The molecule has 1 heterocycles. The number of aromatic carboxylic acids is 2. The maximum atomic E-state index is 12.6. The van der Waals surface area contributed by atoms with Gasteiger partial charge in [-0.2, -0.15) is 0 Å². The van der Waals surface area contributed by atoms with E-state index in [1.54, 1.807) is 36.4 Å². The molecule has 0 saturated heterocycles. The summed E-state index contributed by atoms with van der Waals surface area (Å²) in [4.78, 5) is 48.4. The number of rotatable bonds is 10. The molecule has 1 saturated carbocycles. The van der Waals surface area contributed by atoms with E-state index >= 15 is 0 Å². The van der Waals surface area contributed by atoms with Crippen LogP contribution in [0.5, 0.6) is 5.75 Å². The number of carboxylic acid groups (broad SMARTS) is 3. The zero-order valence-corrected chi connectivity index (χ0v) is 23.6. The van der Waals surface area contributed by atoms with Crippen molar-refractivity contribution in [2.24, 2.45) is 11.7 Å². The number of benzene rings is 2. The SMILES string of the molecule is NC(=O)N(CC1CCCC(c2ccc(C(=O)O)cc2)C1)c1cccc(-c2sc(C(=O)O)c(OCC(=O)O)c2Br)c1. The summed E-state index contributed by atoms with van der Waals surface area (Å²) in [7, 11) is 0. The number of halogens is 1. The monoisotopic (exact) mass is 630 g/mol. The summed E-state index contributed by atoms with van der Waals surface area (Å²) >= 11 is 4.29. The number of carbonyl (C=O) groups is 4. The Balaban J connectivity index is 1.56.